The molecule has 0 radical (unpaired) electrons. The van der Waals surface area contributed by atoms with Gasteiger partial charge in [-0.25, -0.2) is 0 Å². The molecule has 0 aliphatic carbocycles. The summed E-state index contributed by atoms with van der Waals surface area (Å²) in [6.07, 6.45) is -7.96. The summed E-state index contributed by atoms with van der Waals surface area (Å²) in [7, 11) is 0. The third-order valence-corrected chi connectivity index (χ3v) is 7.96. The molecule has 3 amide bonds. The fourth-order valence-electron chi connectivity index (χ4n) is 5.04. The predicted molar refractivity (Wildman–Crippen MR) is 164 cm³/mol. The van der Waals surface area contributed by atoms with E-state index >= 15 is 0 Å². The van der Waals surface area contributed by atoms with Gasteiger partial charge in [-0.1, -0.05) is 51.9 Å². The molecule has 0 aromatic heterocycles. The lowest BCUT2D eigenvalue weighted by Crippen LogP contribution is -2.62. The number of rotatable bonds is 24. The summed E-state index contributed by atoms with van der Waals surface area (Å²) < 4.78 is 10.5. The molecule has 0 bridgehead atoms. The van der Waals surface area contributed by atoms with Crippen molar-refractivity contribution in [3.63, 3.8) is 0 Å². The van der Waals surface area contributed by atoms with Gasteiger partial charge in [-0.3, -0.25) is 14.4 Å². The SMILES string of the molecule is CCCCCCCCCNC(=O)C(CCCCNC(C)=O)CNC(=O)[C@H](O)[C@H](O)[C@H](O[C@@H]1O[C@H](CO)[C@H](O)[C@H](O)[C@H]1O)[C@H](O)CO. The number of unbranched alkanes of at least 4 members (excludes halogenated alkanes) is 7. The topological polar surface area (TPSA) is 268 Å². The summed E-state index contributed by atoms with van der Waals surface area (Å²) in [5, 5.41) is 88.7. The summed E-state index contributed by atoms with van der Waals surface area (Å²) in [6, 6.07) is 0. The summed E-state index contributed by atoms with van der Waals surface area (Å²) in [4.78, 5) is 37.0. The minimum Gasteiger partial charge on any atom is -0.394 e. The Hall–Kier alpha value is -1.99. The average Bonchev–Trinajstić information content (AvgIpc) is 3.04. The van der Waals surface area contributed by atoms with Crippen molar-refractivity contribution in [2.75, 3.05) is 32.8 Å². The smallest absolute Gasteiger partial charge is 0.251 e. The van der Waals surface area contributed by atoms with Gasteiger partial charge >= 0.3 is 0 Å². The second kappa shape index (κ2) is 23.4. The second-order valence-electron chi connectivity index (χ2n) is 11.8. The van der Waals surface area contributed by atoms with Crippen LogP contribution in [0.2, 0.25) is 0 Å². The Labute approximate surface area is 270 Å². The average molecular weight is 668 g/mol. The van der Waals surface area contributed by atoms with Crippen LogP contribution in [0.5, 0.6) is 0 Å². The number of amides is 3. The first-order chi connectivity index (χ1) is 21.9. The first-order valence-corrected chi connectivity index (χ1v) is 16.3. The minimum atomic E-state index is -2.24. The number of nitrogens with one attached hydrogen (secondary N) is 3. The standard InChI is InChI=1S/C30H57N3O13/c1-3-4-5-6-7-8-10-14-32-28(43)19(12-9-11-13-31-18(2)36)15-33-29(44)25(41)24(40)27(20(37)16-34)46-30-26(42)23(39)22(38)21(17-35)45-30/h19-27,30,34-35,37-42H,3-17H2,1-2H3,(H,31,36)(H,32,43)(H,33,44)/t19?,20-,21-,22+,23+,24+,25-,26-,27-,30+/m1/s1. The first kappa shape index (κ1) is 42.0. The van der Waals surface area contributed by atoms with Gasteiger partial charge < -0.3 is 66.3 Å². The fraction of sp³-hybridized carbons (Fsp3) is 0.900. The normalized spacial score (nSPS) is 24.8. The van der Waals surface area contributed by atoms with Gasteiger partial charge in [-0.2, -0.15) is 0 Å². The monoisotopic (exact) mass is 667 g/mol. The Balaban J connectivity index is 2.81. The summed E-state index contributed by atoms with van der Waals surface area (Å²) in [5.41, 5.74) is 0. The maximum Gasteiger partial charge on any atom is 0.251 e. The molecule has 16 nitrogen and oxygen atoms in total. The molecule has 0 spiro atoms. The Morgan fingerprint density at radius 2 is 1.39 bits per heavy atom. The van der Waals surface area contributed by atoms with Crippen molar-refractivity contribution in [3.05, 3.63) is 0 Å². The molecule has 0 aromatic rings. The van der Waals surface area contributed by atoms with Crippen LogP contribution in [0.3, 0.4) is 0 Å². The van der Waals surface area contributed by atoms with Crippen molar-refractivity contribution in [3.8, 4) is 0 Å². The van der Waals surface area contributed by atoms with E-state index in [1.54, 1.807) is 0 Å². The van der Waals surface area contributed by atoms with E-state index in [9.17, 15) is 55.2 Å². The van der Waals surface area contributed by atoms with Crippen molar-refractivity contribution >= 4 is 17.7 Å². The van der Waals surface area contributed by atoms with Crippen molar-refractivity contribution in [2.24, 2.45) is 5.92 Å². The molecule has 1 unspecified atom stereocenters. The molecule has 0 aromatic carbocycles. The fourth-order valence-corrected chi connectivity index (χ4v) is 5.04. The van der Waals surface area contributed by atoms with Crippen LogP contribution >= 0.6 is 0 Å². The lowest BCUT2D eigenvalue weighted by molar-refractivity contribution is -0.326. The molecule has 1 fully saturated rings. The van der Waals surface area contributed by atoms with Gasteiger partial charge in [0.05, 0.1) is 19.1 Å². The zero-order valence-electron chi connectivity index (χ0n) is 27.0. The molecule has 16 heteroatoms. The van der Waals surface area contributed by atoms with Crippen LogP contribution in [0.1, 0.15) is 78.1 Å². The van der Waals surface area contributed by atoms with Gasteiger partial charge in [0.15, 0.2) is 12.4 Å². The molecule has 11 N–H and O–H groups in total. The highest BCUT2D eigenvalue weighted by Crippen LogP contribution is 2.25. The van der Waals surface area contributed by atoms with E-state index in [4.69, 9.17) is 9.47 Å². The van der Waals surface area contributed by atoms with E-state index in [-0.39, 0.29) is 18.4 Å². The van der Waals surface area contributed by atoms with Crippen LogP contribution in [0.25, 0.3) is 0 Å². The molecule has 0 saturated carbocycles. The maximum atomic E-state index is 13.0. The van der Waals surface area contributed by atoms with Crippen molar-refractivity contribution in [1.82, 2.24) is 16.0 Å². The van der Waals surface area contributed by atoms with Gasteiger partial charge in [0.1, 0.15) is 42.7 Å². The van der Waals surface area contributed by atoms with Crippen LogP contribution in [0, 0.1) is 5.92 Å². The van der Waals surface area contributed by atoms with Crippen LogP contribution < -0.4 is 16.0 Å². The first-order valence-electron chi connectivity index (χ1n) is 16.3. The predicted octanol–water partition coefficient (Wildman–Crippen LogP) is -2.85. The van der Waals surface area contributed by atoms with Crippen molar-refractivity contribution in [2.45, 2.75) is 133 Å². The molecule has 46 heavy (non-hydrogen) atoms. The van der Waals surface area contributed by atoms with Crippen LogP contribution in [0.15, 0.2) is 0 Å². The van der Waals surface area contributed by atoms with Gasteiger partial charge in [0, 0.05) is 26.6 Å². The number of carbonyl (C=O) groups excluding carboxylic acids is 3. The quantitative estimate of drug-likeness (QED) is 0.0464. The van der Waals surface area contributed by atoms with Crippen LogP contribution in [-0.4, -0.2) is 147 Å². The highest BCUT2D eigenvalue weighted by molar-refractivity contribution is 5.83. The van der Waals surface area contributed by atoms with Crippen LogP contribution in [-0.2, 0) is 23.9 Å². The zero-order chi connectivity index (χ0) is 34.6. The molecule has 1 heterocycles. The van der Waals surface area contributed by atoms with Gasteiger partial charge in [0.2, 0.25) is 11.8 Å². The molecule has 270 valence electrons. The molecule has 1 rings (SSSR count). The van der Waals surface area contributed by atoms with Crippen molar-refractivity contribution < 1.29 is 64.7 Å². The minimum absolute atomic E-state index is 0.177. The lowest BCUT2D eigenvalue weighted by Gasteiger charge is -2.42. The number of hydrogen-bond donors (Lipinski definition) is 11. The van der Waals surface area contributed by atoms with E-state index in [1.807, 2.05) is 0 Å². The Morgan fingerprint density at radius 3 is 2.00 bits per heavy atom. The molecule has 1 saturated heterocycles. The van der Waals surface area contributed by atoms with Crippen molar-refractivity contribution in [1.29, 1.82) is 0 Å². The molecule has 1 aliphatic heterocycles. The highest BCUT2D eigenvalue weighted by Gasteiger charge is 2.47. The summed E-state index contributed by atoms with van der Waals surface area (Å²) >= 11 is 0. The second-order valence-corrected chi connectivity index (χ2v) is 11.8. The summed E-state index contributed by atoms with van der Waals surface area (Å²) in [5.74, 6) is -2.30. The van der Waals surface area contributed by atoms with Gasteiger partial charge in [0.25, 0.3) is 5.91 Å². The number of ether oxygens (including phenoxy) is 2. The van der Waals surface area contributed by atoms with Gasteiger partial charge in [-0.05, 0) is 19.3 Å². The molecular weight excluding hydrogens is 610 g/mol. The van der Waals surface area contributed by atoms with Gasteiger partial charge in [-0.15, -0.1) is 0 Å². The highest BCUT2D eigenvalue weighted by atomic mass is 16.7. The van der Waals surface area contributed by atoms with E-state index < -0.39 is 80.2 Å². The Kier molecular flexibility index (Phi) is 21.3. The van der Waals surface area contributed by atoms with Crippen LogP contribution in [0.4, 0.5) is 0 Å². The van der Waals surface area contributed by atoms with E-state index in [2.05, 4.69) is 22.9 Å². The number of carbonyl (C=O) groups is 3. The molecule has 10 atom stereocenters. The van der Waals surface area contributed by atoms with E-state index in [1.165, 1.54) is 19.8 Å². The van der Waals surface area contributed by atoms with E-state index in [0.717, 1.165) is 32.1 Å². The third-order valence-electron chi connectivity index (χ3n) is 7.96. The maximum absolute atomic E-state index is 13.0. The largest absolute Gasteiger partial charge is 0.394 e. The number of aliphatic hydroxyl groups excluding tert-OH is 8. The number of aliphatic hydroxyl groups is 8. The summed E-state index contributed by atoms with van der Waals surface area (Å²) in [6.45, 7) is 2.43. The molecular formula is C30H57N3O13. The lowest BCUT2D eigenvalue weighted by atomic mass is 9.98. The number of hydrogen-bond acceptors (Lipinski definition) is 13. The Morgan fingerprint density at radius 1 is 0.783 bits per heavy atom. The Bertz CT molecular complexity index is 868. The zero-order valence-corrected chi connectivity index (χ0v) is 27.0. The van der Waals surface area contributed by atoms with E-state index in [0.29, 0.717) is 32.4 Å². The molecule has 1 aliphatic rings. The third kappa shape index (κ3) is 14.8.